The third kappa shape index (κ3) is 4.65. The van der Waals surface area contributed by atoms with Crippen LogP contribution in [-0.2, 0) is 9.59 Å². The van der Waals surface area contributed by atoms with E-state index in [4.69, 9.17) is 5.11 Å². The lowest BCUT2D eigenvalue weighted by Gasteiger charge is -2.28. The Morgan fingerprint density at radius 1 is 1.25 bits per heavy atom. The lowest BCUT2D eigenvalue weighted by molar-refractivity contribution is -0.137. The van der Waals surface area contributed by atoms with Crippen LogP contribution in [0.4, 0.5) is 0 Å². The Morgan fingerprint density at radius 2 is 1.90 bits per heavy atom. The molecule has 0 radical (unpaired) electrons. The Morgan fingerprint density at radius 3 is 2.50 bits per heavy atom. The molecule has 0 saturated heterocycles. The van der Waals surface area contributed by atoms with E-state index in [2.05, 4.69) is 25.3 Å². The summed E-state index contributed by atoms with van der Waals surface area (Å²) < 4.78 is 0. The van der Waals surface area contributed by atoms with Gasteiger partial charge in [-0.1, -0.05) is 30.3 Å². The first-order valence-electron chi connectivity index (χ1n) is 6.96. The molecule has 0 spiro atoms. The summed E-state index contributed by atoms with van der Waals surface area (Å²) in [6.07, 6.45) is 2.86. The summed E-state index contributed by atoms with van der Waals surface area (Å²) >= 11 is 0. The number of rotatable bonds is 4. The first-order valence-corrected chi connectivity index (χ1v) is 6.96. The van der Waals surface area contributed by atoms with Crippen LogP contribution in [0.25, 0.3) is 0 Å². The van der Waals surface area contributed by atoms with Gasteiger partial charge in [0.05, 0.1) is 0 Å². The fraction of sp³-hybridized carbons (Fsp3) is 0.412. The molecule has 1 aromatic carbocycles. The summed E-state index contributed by atoms with van der Waals surface area (Å²) in [7, 11) is 0. The van der Waals surface area contributed by atoms with E-state index < -0.39 is 5.97 Å². The number of hydrogen-bond acceptors (Lipinski definition) is 2. The molecule has 2 atom stereocenters. The minimum absolute atomic E-state index is 0.0694. The molecule has 20 heavy (non-hydrogen) atoms. The number of carboxylic acids is 1. The van der Waals surface area contributed by atoms with E-state index in [1.165, 1.54) is 5.56 Å². The van der Waals surface area contributed by atoms with Gasteiger partial charge in [0, 0.05) is 18.8 Å². The van der Waals surface area contributed by atoms with Gasteiger partial charge in [-0.15, -0.1) is 13.2 Å². The SMILES string of the molecule is C=C.O=C(O)CCC1CC(c2ccccc2)CCC1=O. The molecule has 0 amide bonds. The van der Waals surface area contributed by atoms with Crippen LogP contribution < -0.4 is 0 Å². The van der Waals surface area contributed by atoms with Crippen molar-refractivity contribution in [1.82, 2.24) is 0 Å². The van der Waals surface area contributed by atoms with Crippen molar-refractivity contribution in [3.63, 3.8) is 0 Å². The monoisotopic (exact) mass is 274 g/mol. The molecule has 1 aromatic rings. The zero-order valence-corrected chi connectivity index (χ0v) is 11.8. The second-order valence-electron chi connectivity index (χ2n) is 4.98. The van der Waals surface area contributed by atoms with Gasteiger partial charge in [-0.25, -0.2) is 0 Å². The van der Waals surface area contributed by atoms with Crippen molar-refractivity contribution in [2.45, 2.75) is 38.0 Å². The van der Waals surface area contributed by atoms with E-state index in [9.17, 15) is 9.59 Å². The van der Waals surface area contributed by atoms with Gasteiger partial charge in [-0.2, -0.15) is 0 Å². The van der Waals surface area contributed by atoms with Crippen molar-refractivity contribution in [2.75, 3.05) is 0 Å². The van der Waals surface area contributed by atoms with Crippen molar-refractivity contribution in [3.8, 4) is 0 Å². The normalized spacial score (nSPS) is 21.7. The molecule has 3 heteroatoms. The maximum atomic E-state index is 11.8. The number of carbonyl (C=O) groups excluding carboxylic acids is 1. The molecule has 2 unspecified atom stereocenters. The third-order valence-corrected chi connectivity index (χ3v) is 3.74. The molecule has 0 aliphatic heterocycles. The fourth-order valence-corrected chi connectivity index (χ4v) is 2.72. The average Bonchev–Trinajstić information content (AvgIpc) is 2.49. The van der Waals surface area contributed by atoms with Crippen molar-refractivity contribution in [3.05, 3.63) is 49.1 Å². The average molecular weight is 274 g/mol. The molecule has 0 aromatic heterocycles. The van der Waals surface area contributed by atoms with Gasteiger partial charge in [-0.05, 0) is 30.7 Å². The van der Waals surface area contributed by atoms with Gasteiger partial charge in [0.1, 0.15) is 5.78 Å². The number of carbonyl (C=O) groups is 2. The zero-order chi connectivity index (χ0) is 15.0. The van der Waals surface area contributed by atoms with E-state index in [-0.39, 0.29) is 18.1 Å². The molecule has 1 fully saturated rings. The van der Waals surface area contributed by atoms with Gasteiger partial charge < -0.3 is 5.11 Å². The molecule has 0 heterocycles. The Kier molecular flexibility index (Phi) is 6.71. The van der Waals surface area contributed by atoms with Crippen molar-refractivity contribution in [2.24, 2.45) is 5.92 Å². The lowest BCUT2D eigenvalue weighted by Crippen LogP contribution is -2.24. The predicted octanol–water partition coefficient (Wildman–Crippen LogP) is 3.81. The number of hydrogen-bond donors (Lipinski definition) is 1. The van der Waals surface area contributed by atoms with Gasteiger partial charge in [0.2, 0.25) is 0 Å². The fourth-order valence-electron chi connectivity index (χ4n) is 2.72. The minimum Gasteiger partial charge on any atom is -0.481 e. The highest BCUT2D eigenvalue weighted by atomic mass is 16.4. The van der Waals surface area contributed by atoms with Crippen LogP contribution in [0.5, 0.6) is 0 Å². The van der Waals surface area contributed by atoms with Crippen LogP contribution in [-0.4, -0.2) is 16.9 Å². The topological polar surface area (TPSA) is 54.4 Å². The van der Waals surface area contributed by atoms with Crippen molar-refractivity contribution >= 4 is 11.8 Å². The van der Waals surface area contributed by atoms with Gasteiger partial charge in [0.15, 0.2) is 0 Å². The number of aliphatic carboxylic acids is 1. The quantitative estimate of drug-likeness (QED) is 0.849. The molecule has 2 rings (SSSR count). The molecule has 1 N–H and O–H groups in total. The van der Waals surface area contributed by atoms with Crippen LogP contribution in [0.3, 0.4) is 0 Å². The largest absolute Gasteiger partial charge is 0.481 e. The van der Waals surface area contributed by atoms with Gasteiger partial charge in [0.25, 0.3) is 0 Å². The van der Waals surface area contributed by atoms with E-state index in [1.807, 2.05) is 18.2 Å². The number of Topliss-reactive ketones (excluding diaryl/α,β-unsaturated/α-hetero) is 1. The van der Waals surface area contributed by atoms with Crippen LogP contribution >= 0.6 is 0 Å². The Balaban J connectivity index is 0.000000956. The molecule has 3 nitrogen and oxygen atoms in total. The summed E-state index contributed by atoms with van der Waals surface area (Å²) in [4.78, 5) is 22.4. The molecular weight excluding hydrogens is 252 g/mol. The molecular formula is C17H22O3. The van der Waals surface area contributed by atoms with E-state index >= 15 is 0 Å². The highest BCUT2D eigenvalue weighted by molar-refractivity contribution is 5.82. The summed E-state index contributed by atoms with van der Waals surface area (Å²) in [5.74, 6) is -0.240. The standard InChI is InChI=1S/C15H18O3.C2H4/c16-14-8-6-12(11-4-2-1-3-5-11)10-13(14)7-9-15(17)18;1-2/h1-5,12-13H,6-10H2,(H,17,18);1-2H2. The highest BCUT2D eigenvalue weighted by Gasteiger charge is 2.29. The zero-order valence-electron chi connectivity index (χ0n) is 11.8. The van der Waals surface area contributed by atoms with Crippen LogP contribution in [0.15, 0.2) is 43.5 Å². The predicted molar refractivity (Wildman–Crippen MR) is 79.7 cm³/mol. The van der Waals surface area contributed by atoms with Crippen molar-refractivity contribution in [1.29, 1.82) is 0 Å². The summed E-state index contributed by atoms with van der Waals surface area (Å²) in [5.41, 5.74) is 1.27. The number of ketones is 1. The van der Waals surface area contributed by atoms with Gasteiger partial charge >= 0.3 is 5.97 Å². The summed E-state index contributed by atoms with van der Waals surface area (Å²) in [5, 5.41) is 8.70. The van der Waals surface area contributed by atoms with Gasteiger partial charge in [-0.3, -0.25) is 9.59 Å². The summed E-state index contributed by atoms with van der Waals surface area (Å²) in [6.45, 7) is 6.00. The number of benzene rings is 1. The third-order valence-electron chi connectivity index (χ3n) is 3.74. The van der Waals surface area contributed by atoms with Crippen LogP contribution in [0.1, 0.15) is 43.6 Å². The first kappa shape index (κ1) is 16.2. The van der Waals surface area contributed by atoms with E-state index in [0.29, 0.717) is 18.8 Å². The Hall–Kier alpha value is -1.90. The first-order chi connectivity index (χ1) is 9.66. The van der Waals surface area contributed by atoms with Crippen LogP contribution in [0.2, 0.25) is 0 Å². The van der Waals surface area contributed by atoms with Crippen molar-refractivity contribution < 1.29 is 14.7 Å². The van der Waals surface area contributed by atoms with E-state index in [1.54, 1.807) is 0 Å². The number of carboxylic acid groups (broad SMARTS) is 1. The van der Waals surface area contributed by atoms with Crippen LogP contribution in [0, 0.1) is 5.92 Å². The minimum atomic E-state index is -0.815. The second-order valence-corrected chi connectivity index (χ2v) is 4.98. The maximum Gasteiger partial charge on any atom is 0.303 e. The Bertz CT molecular complexity index is 439. The summed E-state index contributed by atoms with van der Waals surface area (Å²) in [6, 6.07) is 10.2. The maximum absolute atomic E-state index is 11.8. The smallest absolute Gasteiger partial charge is 0.303 e. The molecule has 1 saturated carbocycles. The van der Waals surface area contributed by atoms with E-state index in [0.717, 1.165) is 12.8 Å². The molecule has 108 valence electrons. The molecule has 0 bridgehead atoms. The Labute approximate surface area is 120 Å². The highest BCUT2D eigenvalue weighted by Crippen LogP contribution is 2.36. The lowest BCUT2D eigenvalue weighted by atomic mass is 9.75. The molecule has 1 aliphatic carbocycles. The second kappa shape index (κ2) is 8.31. The molecule has 1 aliphatic rings.